The fraction of sp³-hybridized carbons (Fsp3) is 0.125. The molecular weight excluding hydrogens is 142 g/mol. The Kier molecular flexibility index (Phi) is 1.21. The van der Waals surface area contributed by atoms with E-state index in [1.165, 1.54) is 15.6 Å². The largest absolute Gasteiger partial charge is 0.264 e. The van der Waals surface area contributed by atoms with Gasteiger partial charge in [-0.3, -0.25) is 4.98 Å². The third kappa shape index (κ3) is 0.727. The summed E-state index contributed by atoms with van der Waals surface area (Å²) in [6.45, 7) is 2.09. The second-order valence-corrected chi connectivity index (χ2v) is 3.21. The van der Waals surface area contributed by atoms with E-state index in [1.807, 2.05) is 12.4 Å². The lowest BCUT2D eigenvalue weighted by Gasteiger charge is -1.90. The average molecular weight is 149 g/mol. The number of thiophene rings is 1. The van der Waals surface area contributed by atoms with Gasteiger partial charge in [0.25, 0.3) is 0 Å². The van der Waals surface area contributed by atoms with E-state index >= 15 is 0 Å². The van der Waals surface area contributed by atoms with Crippen molar-refractivity contribution >= 4 is 21.4 Å². The molecule has 0 aromatic carbocycles. The molecule has 2 aromatic rings. The fourth-order valence-electron chi connectivity index (χ4n) is 1.03. The summed E-state index contributed by atoms with van der Waals surface area (Å²) in [5, 5.41) is 3.35. The highest BCUT2D eigenvalue weighted by atomic mass is 32.1. The van der Waals surface area contributed by atoms with Crippen LogP contribution in [0.3, 0.4) is 0 Å². The lowest BCUT2D eigenvalue weighted by Crippen LogP contribution is -1.73. The molecule has 1 nitrogen and oxygen atoms in total. The quantitative estimate of drug-likeness (QED) is 0.561. The monoisotopic (exact) mass is 149 g/mol. The molecule has 0 fully saturated rings. The highest BCUT2D eigenvalue weighted by Gasteiger charge is 1.95. The zero-order chi connectivity index (χ0) is 6.97. The van der Waals surface area contributed by atoms with Crippen LogP contribution in [0.5, 0.6) is 0 Å². The molecule has 2 rings (SSSR count). The van der Waals surface area contributed by atoms with E-state index < -0.39 is 0 Å². The van der Waals surface area contributed by atoms with E-state index in [0.29, 0.717) is 0 Å². The number of hydrogen-bond donors (Lipinski definition) is 0. The molecule has 2 heteroatoms. The SMILES string of the molecule is Cc1cncc2ccsc12. The molecule has 0 radical (unpaired) electrons. The van der Waals surface area contributed by atoms with Gasteiger partial charge in [0.1, 0.15) is 0 Å². The van der Waals surface area contributed by atoms with Crippen molar-refractivity contribution in [3.8, 4) is 0 Å². The predicted octanol–water partition coefficient (Wildman–Crippen LogP) is 2.60. The minimum absolute atomic E-state index is 1.25. The molecule has 2 heterocycles. The Balaban J connectivity index is 2.95. The van der Waals surface area contributed by atoms with Crippen LogP contribution in [0.2, 0.25) is 0 Å². The van der Waals surface area contributed by atoms with Crippen molar-refractivity contribution in [1.82, 2.24) is 4.98 Å². The Morgan fingerprint density at radius 2 is 2.30 bits per heavy atom. The standard InChI is InChI=1S/C8H7NS/c1-6-4-9-5-7-2-3-10-8(6)7/h2-5H,1H3. The highest BCUT2D eigenvalue weighted by Crippen LogP contribution is 2.22. The molecule has 0 unspecified atom stereocenters. The first kappa shape index (κ1) is 5.86. The van der Waals surface area contributed by atoms with Gasteiger partial charge in [0, 0.05) is 22.5 Å². The number of fused-ring (bicyclic) bond motifs is 1. The minimum atomic E-state index is 1.25. The summed E-state index contributed by atoms with van der Waals surface area (Å²) in [7, 11) is 0. The minimum Gasteiger partial charge on any atom is -0.264 e. The van der Waals surface area contributed by atoms with Gasteiger partial charge < -0.3 is 0 Å². The van der Waals surface area contributed by atoms with Crippen LogP contribution in [0.25, 0.3) is 10.1 Å². The highest BCUT2D eigenvalue weighted by molar-refractivity contribution is 7.17. The van der Waals surface area contributed by atoms with Gasteiger partial charge in [0.15, 0.2) is 0 Å². The van der Waals surface area contributed by atoms with Crippen molar-refractivity contribution in [2.45, 2.75) is 6.92 Å². The van der Waals surface area contributed by atoms with Crippen LogP contribution < -0.4 is 0 Å². The maximum Gasteiger partial charge on any atom is 0.0402 e. The van der Waals surface area contributed by atoms with Crippen molar-refractivity contribution in [3.05, 3.63) is 29.4 Å². The predicted molar refractivity (Wildman–Crippen MR) is 44.4 cm³/mol. The second kappa shape index (κ2) is 2.06. The van der Waals surface area contributed by atoms with Crippen molar-refractivity contribution < 1.29 is 0 Å². The average Bonchev–Trinajstić information content (AvgIpc) is 2.36. The summed E-state index contributed by atoms with van der Waals surface area (Å²) < 4.78 is 1.36. The number of aryl methyl sites for hydroxylation is 1. The molecule has 0 atom stereocenters. The van der Waals surface area contributed by atoms with Crippen molar-refractivity contribution in [1.29, 1.82) is 0 Å². The summed E-state index contributed by atoms with van der Waals surface area (Å²) in [6.07, 6.45) is 3.80. The number of nitrogens with zero attached hydrogens (tertiary/aromatic N) is 1. The van der Waals surface area contributed by atoms with Gasteiger partial charge in [-0.15, -0.1) is 11.3 Å². The van der Waals surface area contributed by atoms with E-state index in [4.69, 9.17) is 0 Å². The zero-order valence-electron chi connectivity index (χ0n) is 5.66. The number of aromatic nitrogens is 1. The molecule has 0 bridgehead atoms. The Morgan fingerprint density at radius 3 is 3.10 bits per heavy atom. The van der Waals surface area contributed by atoms with Gasteiger partial charge in [-0.2, -0.15) is 0 Å². The maximum absolute atomic E-state index is 4.09. The molecule has 0 N–H and O–H groups in total. The molecule has 2 aromatic heterocycles. The molecule has 0 amide bonds. The van der Waals surface area contributed by atoms with Crippen LogP contribution in [0, 0.1) is 6.92 Å². The van der Waals surface area contributed by atoms with E-state index in [2.05, 4.69) is 23.4 Å². The van der Waals surface area contributed by atoms with E-state index in [0.717, 1.165) is 0 Å². The smallest absolute Gasteiger partial charge is 0.0402 e. The topological polar surface area (TPSA) is 12.9 Å². The number of hydrogen-bond acceptors (Lipinski definition) is 2. The number of rotatable bonds is 0. The van der Waals surface area contributed by atoms with Gasteiger partial charge in [-0.25, -0.2) is 0 Å². The number of pyridine rings is 1. The van der Waals surface area contributed by atoms with Gasteiger partial charge in [-0.1, -0.05) is 0 Å². The van der Waals surface area contributed by atoms with E-state index in [9.17, 15) is 0 Å². The van der Waals surface area contributed by atoms with Crippen LogP contribution in [-0.2, 0) is 0 Å². The van der Waals surface area contributed by atoms with Gasteiger partial charge in [0.05, 0.1) is 0 Å². The molecule has 0 spiro atoms. The maximum atomic E-state index is 4.09. The summed E-state index contributed by atoms with van der Waals surface area (Å²) >= 11 is 1.77. The van der Waals surface area contributed by atoms with Crippen molar-refractivity contribution in [3.63, 3.8) is 0 Å². The summed E-state index contributed by atoms with van der Waals surface area (Å²) in [6, 6.07) is 2.10. The molecule has 0 saturated heterocycles. The van der Waals surface area contributed by atoms with E-state index in [1.54, 1.807) is 11.3 Å². The molecule has 50 valence electrons. The first-order valence-electron chi connectivity index (χ1n) is 3.16. The lowest BCUT2D eigenvalue weighted by atomic mass is 10.2. The zero-order valence-corrected chi connectivity index (χ0v) is 6.48. The summed E-state index contributed by atoms with van der Waals surface area (Å²) in [5.74, 6) is 0. The second-order valence-electron chi connectivity index (χ2n) is 2.30. The summed E-state index contributed by atoms with van der Waals surface area (Å²) in [4.78, 5) is 4.09. The molecule has 0 aliphatic carbocycles. The first-order valence-corrected chi connectivity index (χ1v) is 4.04. The Bertz CT molecular complexity index is 351. The third-order valence-corrected chi connectivity index (χ3v) is 2.60. The van der Waals surface area contributed by atoms with Gasteiger partial charge in [0.2, 0.25) is 0 Å². The van der Waals surface area contributed by atoms with Gasteiger partial charge >= 0.3 is 0 Å². The molecule has 0 saturated carbocycles. The summed E-state index contributed by atoms with van der Waals surface area (Å²) in [5.41, 5.74) is 1.27. The van der Waals surface area contributed by atoms with Crippen LogP contribution in [-0.4, -0.2) is 4.98 Å². The van der Waals surface area contributed by atoms with Crippen LogP contribution in [0.4, 0.5) is 0 Å². The third-order valence-electron chi connectivity index (χ3n) is 1.54. The Labute approximate surface area is 63.3 Å². The van der Waals surface area contributed by atoms with Crippen LogP contribution in [0.1, 0.15) is 5.56 Å². The molecular formula is C8H7NS. The van der Waals surface area contributed by atoms with Crippen LogP contribution >= 0.6 is 11.3 Å². The Morgan fingerprint density at radius 1 is 1.40 bits per heavy atom. The molecule has 0 aliphatic heterocycles. The van der Waals surface area contributed by atoms with Crippen LogP contribution in [0.15, 0.2) is 23.8 Å². The molecule has 10 heavy (non-hydrogen) atoms. The first-order chi connectivity index (χ1) is 4.88. The van der Waals surface area contributed by atoms with Crippen molar-refractivity contribution in [2.75, 3.05) is 0 Å². The lowest BCUT2D eigenvalue weighted by molar-refractivity contribution is 1.32. The van der Waals surface area contributed by atoms with E-state index in [-0.39, 0.29) is 0 Å². The van der Waals surface area contributed by atoms with Gasteiger partial charge in [-0.05, 0) is 23.9 Å². The fourth-order valence-corrected chi connectivity index (χ4v) is 1.88. The molecule has 0 aliphatic rings. The normalized spacial score (nSPS) is 10.5. The Hall–Kier alpha value is -0.890. The van der Waals surface area contributed by atoms with Crippen molar-refractivity contribution in [2.24, 2.45) is 0 Å².